The van der Waals surface area contributed by atoms with Gasteiger partial charge in [-0.25, -0.2) is 13.4 Å². The van der Waals surface area contributed by atoms with E-state index in [0.29, 0.717) is 5.69 Å². The van der Waals surface area contributed by atoms with E-state index in [2.05, 4.69) is 15.0 Å². The summed E-state index contributed by atoms with van der Waals surface area (Å²) in [6.07, 6.45) is 1.50. The molecule has 6 nitrogen and oxygen atoms in total. The Balaban J connectivity index is 2.14. The molecule has 1 amide bonds. The van der Waals surface area contributed by atoms with Crippen LogP contribution in [0.1, 0.15) is 20.8 Å². The van der Waals surface area contributed by atoms with E-state index in [1.54, 1.807) is 51.1 Å². The van der Waals surface area contributed by atoms with Crippen molar-refractivity contribution in [3.8, 4) is 0 Å². The third kappa shape index (κ3) is 4.53. The molecule has 2 N–H and O–H groups in total. The first-order valence-electron chi connectivity index (χ1n) is 7.04. The van der Waals surface area contributed by atoms with E-state index >= 15 is 0 Å². The molecule has 1 aromatic carbocycles. The molecule has 0 radical (unpaired) electrons. The topological polar surface area (TPSA) is 88.2 Å². The Morgan fingerprint density at radius 2 is 1.70 bits per heavy atom. The number of nitrogens with zero attached hydrogens (tertiary/aromatic N) is 1. The van der Waals surface area contributed by atoms with Gasteiger partial charge < -0.3 is 5.32 Å². The molecule has 2 rings (SSSR count). The van der Waals surface area contributed by atoms with Gasteiger partial charge in [-0.2, -0.15) is 0 Å². The van der Waals surface area contributed by atoms with Gasteiger partial charge in [0, 0.05) is 17.3 Å². The molecule has 0 saturated heterocycles. The second-order valence-electron chi connectivity index (χ2n) is 6.05. The molecule has 2 aromatic rings. The number of hydrogen-bond donors (Lipinski definition) is 2. The van der Waals surface area contributed by atoms with Crippen LogP contribution in [-0.4, -0.2) is 19.3 Å². The van der Waals surface area contributed by atoms with Gasteiger partial charge in [-0.3, -0.25) is 9.52 Å². The van der Waals surface area contributed by atoms with Gasteiger partial charge in [0.15, 0.2) is 0 Å². The quantitative estimate of drug-likeness (QED) is 0.900. The third-order valence-corrected chi connectivity index (χ3v) is 4.38. The zero-order valence-electron chi connectivity index (χ0n) is 13.2. The molecule has 0 atom stereocenters. The average Bonchev–Trinajstić information content (AvgIpc) is 2.47. The molecular formula is C16H19N3O3S. The number of benzene rings is 1. The fourth-order valence-electron chi connectivity index (χ4n) is 1.66. The molecule has 0 spiro atoms. The summed E-state index contributed by atoms with van der Waals surface area (Å²) in [7, 11) is -3.71. The van der Waals surface area contributed by atoms with Gasteiger partial charge in [0.1, 0.15) is 5.82 Å². The second kappa shape index (κ2) is 6.37. The summed E-state index contributed by atoms with van der Waals surface area (Å²) in [5.41, 5.74) is 0.0207. The van der Waals surface area contributed by atoms with Crippen molar-refractivity contribution in [2.24, 2.45) is 5.41 Å². The lowest BCUT2D eigenvalue weighted by molar-refractivity contribution is -0.123. The Morgan fingerprint density at radius 1 is 1.04 bits per heavy atom. The Morgan fingerprint density at radius 3 is 2.22 bits per heavy atom. The fourth-order valence-corrected chi connectivity index (χ4v) is 2.66. The van der Waals surface area contributed by atoms with Gasteiger partial charge in [0.25, 0.3) is 10.0 Å². The highest BCUT2D eigenvalue weighted by atomic mass is 32.2. The predicted molar refractivity (Wildman–Crippen MR) is 89.6 cm³/mol. The van der Waals surface area contributed by atoms with Crippen molar-refractivity contribution in [1.82, 2.24) is 4.98 Å². The van der Waals surface area contributed by atoms with Crippen molar-refractivity contribution in [3.05, 3.63) is 48.7 Å². The summed E-state index contributed by atoms with van der Waals surface area (Å²) in [5.74, 6) is 0.109. The van der Waals surface area contributed by atoms with Crippen LogP contribution in [0.4, 0.5) is 11.5 Å². The van der Waals surface area contributed by atoms with Crippen LogP contribution in [0.3, 0.4) is 0 Å². The Bertz CT molecular complexity index is 780. The number of sulfonamides is 1. The molecule has 0 unspecified atom stereocenters. The first-order valence-corrected chi connectivity index (χ1v) is 8.52. The Hall–Kier alpha value is -2.41. The molecule has 122 valence electrons. The summed E-state index contributed by atoms with van der Waals surface area (Å²) < 4.78 is 26.9. The summed E-state index contributed by atoms with van der Waals surface area (Å²) in [6, 6.07) is 10.9. The number of carbonyl (C=O) groups excluding carboxylic acids is 1. The van der Waals surface area contributed by atoms with E-state index in [4.69, 9.17) is 0 Å². The number of amides is 1. The van der Waals surface area contributed by atoms with Crippen LogP contribution in [0.2, 0.25) is 0 Å². The lowest BCUT2D eigenvalue weighted by Crippen LogP contribution is -2.27. The largest absolute Gasteiger partial charge is 0.326 e. The van der Waals surface area contributed by atoms with Crippen molar-refractivity contribution < 1.29 is 13.2 Å². The molecule has 0 aliphatic rings. The van der Waals surface area contributed by atoms with Gasteiger partial charge in [-0.15, -0.1) is 0 Å². The summed E-state index contributed by atoms with van der Waals surface area (Å²) in [4.78, 5) is 15.9. The summed E-state index contributed by atoms with van der Waals surface area (Å²) >= 11 is 0. The zero-order chi connectivity index (χ0) is 17.1. The Kier molecular flexibility index (Phi) is 4.70. The van der Waals surface area contributed by atoms with E-state index in [0.717, 1.165) is 0 Å². The molecule has 1 heterocycles. The van der Waals surface area contributed by atoms with E-state index in [1.807, 2.05) is 0 Å². The number of aromatic nitrogens is 1. The molecule has 7 heteroatoms. The van der Waals surface area contributed by atoms with Crippen LogP contribution in [0.25, 0.3) is 0 Å². The van der Waals surface area contributed by atoms with Gasteiger partial charge in [-0.05, 0) is 36.4 Å². The standard InChI is InChI=1S/C16H19N3O3S/c1-16(2,3)15(20)18-12-7-9-13(10-8-12)23(21,22)19-14-6-4-5-11-17-14/h4-11H,1-3H3,(H,17,19)(H,18,20). The first-order chi connectivity index (χ1) is 10.7. The van der Waals surface area contributed by atoms with Gasteiger partial charge in [0.2, 0.25) is 5.91 Å². The Labute approximate surface area is 136 Å². The van der Waals surface area contributed by atoms with Crippen LogP contribution in [-0.2, 0) is 14.8 Å². The van der Waals surface area contributed by atoms with E-state index in [1.165, 1.54) is 18.3 Å². The average molecular weight is 333 g/mol. The number of nitrogens with one attached hydrogen (secondary N) is 2. The van der Waals surface area contributed by atoms with E-state index in [9.17, 15) is 13.2 Å². The predicted octanol–water partition coefficient (Wildman–Crippen LogP) is 2.87. The maximum atomic E-state index is 12.3. The highest BCUT2D eigenvalue weighted by Crippen LogP contribution is 2.20. The molecule has 0 fully saturated rings. The van der Waals surface area contributed by atoms with Gasteiger partial charge in [-0.1, -0.05) is 26.8 Å². The van der Waals surface area contributed by atoms with Crippen molar-refractivity contribution in [3.63, 3.8) is 0 Å². The van der Waals surface area contributed by atoms with Crippen molar-refractivity contribution in [2.75, 3.05) is 10.0 Å². The smallest absolute Gasteiger partial charge is 0.263 e. The number of carbonyl (C=O) groups is 1. The van der Waals surface area contributed by atoms with E-state index in [-0.39, 0.29) is 16.6 Å². The van der Waals surface area contributed by atoms with Gasteiger partial charge in [0.05, 0.1) is 4.90 Å². The highest BCUT2D eigenvalue weighted by molar-refractivity contribution is 7.92. The van der Waals surface area contributed by atoms with Crippen LogP contribution in [0, 0.1) is 5.41 Å². The van der Waals surface area contributed by atoms with Crippen molar-refractivity contribution >= 4 is 27.4 Å². The lowest BCUT2D eigenvalue weighted by Gasteiger charge is -2.17. The van der Waals surface area contributed by atoms with Crippen LogP contribution < -0.4 is 10.0 Å². The van der Waals surface area contributed by atoms with Crippen LogP contribution in [0.5, 0.6) is 0 Å². The first kappa shape index (κ1) is 17.0. The normalized spacial score (nSPS) is 11.8. The number of pyridine rings is 1. The minimum Gasteiger partial charge on any atom is -0.326 e. The second-order valence-corrected chi connectivity index (χ2v) is 7.73. The molecule has 0 aliphatic heterocycles. The summed E-state index contributed by atoms with van der Waals surface area (Å²) in [6.45, 7) is 5.41. The highest BCUT2D eigenvalue weighted by Gasteiger charge is 2.21. The monoisotopic (exact) mass is 333 g/mol. The molecule has 0 aliphatic carbocycles. The SMILES string of the molecule is CC(C)(C)C(=O)Nc1ccc(S(=O)(=O)Nc2ccccn2)cc1. The van der Waals surface area contributed by atoms with Crippen LogP contribution in [0.15, 0.2) is 53.6 Å². The zero-order valence-corrected chi connectivity index (χ0v) is 14.0. The number of hydrogen-bond acceptors (Lipinski definition) is 4. The number of anilines is 2. The maximum absolute atomic E-state index is 12.3. The van der Waals surface area contributed by atoms with E-state index < -0.39 is 15.4 Å². The molecule has 0 saturated carbocycles. The number of rotatable bonds is 4. The molecule has 1 aromatic heterocycles. The summed E-state index contributed by atoms with van der Waals surface area (Å²) in [5, 5.41) is 2.74. The molecular weight excluding hydrogens is 314 g/mol. The van der Waals surface area contributed by atoms with Gasteiger partial charge >= 0.3 is 0 Å². The van der Waals surface area contributed by atoms with Crippen molar-refractivity contribution in [1.29, 1.82) is 0 Å². The lowest BCUT2D eigenvalue weighted by atomic mass is 9.95. The third-order valence-electron chi connectivity index (χ3n) is 3.01. The fraction of sp³-hybridized carbons (Fsp3) is 0.250. The van der Waals surface area contributed by atoms with Crippen molar-refractivity contribution in [2.45, 2.75) is 25.7 Å². The minimum absolute atomic E-state index is 0.0944. The molecule has 23 heavy (non-hydrogen) atoms. The maximum Gasteiger partial charge on any atom is 0.263 e. The minimum atomic E-state index is -3.71. The van der Waals surface area contributed by atoms with Crippen LogP contribution >= 0.6 is 0 Å². The molecule has 0 bridgehead atoms.